The molecule has 8 aromatic carbocycles. The van der Waals surface area contributed by atoms with Crippen LogP contribution in [0.2, 0.25) is 0 Å². The minimum atomic E-state index is 0.998. The van der Waals surface area contributed by atoms with Gasteiger partial charge in [-0.3, -0.25) is 4.98 Å². The monoisotopic (exact) mass is 611 g/mol. The van der Waals surface area contributed by atoms with Gasteiger partial charge in [0.15, 0.2) is 0 Å². The van der Waals surface area contributed by atoms with E-state index in [0.717, 1.165) is 23.2 Å². The lowest BCUT2D eigenvalue weighted by Crippen LogP contribution is -1.94. The third kappa shape index (κ3) is 4.59. The van der Waals surface area contributed by atoms with Crippen molar-refractivity contribution < 1.29 is 0 Å². The molecule has 0 saturated heterocycles. The van der Waals surface area contributed by atoms with Gasteiger partial charge in [-0.1, -0.05) is 159 Å². The Labute approximate surface area is 280 Å². The minimum absolute atomic E-state index is 0.998. The van der Waals surface area contributed by atoms with Crippen LogP contribution >= 0.6 is 0 Å². The van der Waals surface area contributed by atoms with Crippen molar-refractivity contribution in [2.24, 2.45) is 0 Å². The van der Waals surface area contributed by atoms with Gasteiger partial charge in [0.25, 0.3) is 0 Å². The molecule has 0 fully saturated rings. The molecule has 9 rings (SSSR count). The van der Waals surface area contributed by atoms with Gasteiger partial charge in [0.2, 0.25) is 0 Å². The molecule has 1 heterocycles. The summed E-state index contributed by atoms with van der Waals surface area (Å²) < 4.78 is 0. The summed E-state index contributed by atoms with van der Waals surface area (Å²) in [7, 11) is 0. The molecule has 1 nitrogen and oxygen atoms in total. The predicted molar refractivity (Wildman–Crippen MR) is 205 cm³/mol. The topological polar surface area (TPSA) is 12.9 Å². The molecule has 0 bridgehead atoms. The van der Waals surface area contributed by atoms with Crippen LogP contribution in [0, 0.1) is 0 Å². The van der Waals surface area contributed by atoms with Gasteiger partial charge >= 0.3 is 0 Å². The van der Waals surface area contributed by atoms with Crippen LogP contribution in [0.5, 0.6) is 0 Å². The zero-order chi connectivity index (χ0) is 32.0. The van der Waals surface area contributed by atoms with Gasteiger partial charge < -0.3 is 0 Å². The number of benzene rings is 8. The van der Waals surface area contributed by atoms with Crippen molar-refractivity contribution in [1.82, 2.24) is 4.98 Å². The van der Waals surface area contributed by atoms with Crippen molar-refractivity contribution in [3.05, 3.63) is 176 Å². The zero-order valence-electron chi connectivity index (χ0n) is 26.8. The van der Waals surface area contributed by atoms with Crippen molar-refractivity contribution in [3.8, 4) is 44.6 Å². The van der Waals surface area contributed by atoms with Crippen LogP contribution in [0.25, 0.3) is 87.7 Å². The third-order valence-corrected chi connectivity index (χ3v) is 9.87. The molecular formula is C47H33N. The molecule has 226 valence electrons. The summed E-state index contributed by atoms with van der Waals surface area (Å²) in [5.74, 6) is 0. The largest absolute Gasteiger partial charge is 0.256 e. The van der Waals surface area contributed by atoms with Gasteiger partial charge in [0, 0.05) is 17.3 Å². The fourth-order valence-electron chi connectivity index (χ4n) is 7.60. The van der Waals surface area contributed by atoms with Gasteiger partial charge in [-0.15, -0.1) is 0 Å². The summed E-state index contributed by atoms with van der Waals surface area (Å²) in [6.45, 7) is 2.22. The Morgan fingerprint density at radius 3 is 1.65 bits per heavy atom. The van der Waals surface area contributed by atoms with Crippen molar-refractivity contribution in [2.45, 2.75) is 13.3 Å². The minimum Gasteiger partial charge on any atom is -0.256 e. The lowest BCUT2D eigenvalue weighted by Gasteiger charge is -2.20. The standard InChI is InChI=1S/C47H33N/c1-2-31-22-23-34-30-35(25-24-33(34)29-31)45-39-17-8-10-19-41(39)46(42-20-11-9-18-40(42)45)43-27-26-38(36-15-6-7-16-37(36)43)44-21-12-28-48-47(44)32-13-4-3-5-14-32/h3-30H,2H2,1H3. The van der Waals surface area contributed by atoms with E-state index in [4.69, 9.17) is 4.98 Å². The highest BCUT2D eigenvalue weighted by Crippen LogP contribution is 2.47. The predicted octanol–water partition coefficient (Wildman–Crippen LogP) is 12.9. The van der Waals surface area contributed by atoms with Crippen molar-refractivity contribution in [1.29, 1.82) is 0 Å². The first-order chi connectivity index (χ1) is 23.8. The number of nitrogens with zero attached hydrogens (tertiary/aromatic N) is 1. The molecule has 0 saturated carbocycles. The fraction of sp³-hybridized carbons (Fsp3) is 0.0426. The second-order valence-electron chi connectivity index (χ2n) is 12.6. The summed E-state index contributed by atoms with van der Waals surface area (Å²) >= 11 is 0. The van der Waals surface area contributed by atoms with Gasteiger partial charge in [-0.2, -0.15) is 0 Å². The smallest absolute Gasteiger partial charge is 0.0780 e. The number of hydrogen-bond donors (Lipinski definition) is 0. The quantitative estimate of drug-likeness (QED) is 0.176. The average molecular weight is 612 g/mol. The van der Waals surface area contributed by atoms with Crippen LogP contribution in [0.1, 0.15) is 12.5 Å². The molecule has 9 aromatic rings. The molecule has 0 aliphatic heterocycles. The Hall–Kier alpha value is -6.05. The van der Waals surface area contributed by atoms with Gasteiger partial charge in [0.1, 0.15) is 0 Å². The van der Waals surface area contributed by atoms with E-state index in [1.807, 2.05) is 12.3 Å². The Bertz CT molecular complexity index is 2590. The molecule has 48 heavy (non-hydrogen) atoms. The molecule has 0 aliphatic carbocycles. The lowest BCUT2D eigenvalue weighted by atomic mass is 9.83. The molecule has 1 heteroatoms. The maximum Gasteiger partial charge on any atom is 0.0780 e. The van der Waals surface area contributed by atoms with Crippen LogP contribution < -0.4 is 0 Å². The summed E-state index contributed by atoms with van der Waals surface area (Å²) in [4.78, 5) is 4.86. The summed E-state index contributed by atoms with van der Waals surface area (Å²) in [6, 6.07) is 59.9. The van der Waals surface area contributed by atoms with Crippen LogP contribution in [0.15, 0.2) is 170 Å². The fourth-order valence-corrected chi connectivity index (χ4v) is 7.60. The highest BCUT2D eigenvalue weighted by Gasteiger charge is 2.20. The molecular weight excluding hydrogens is 579 g/mol. The normalized spacial score (nSPS) is 11.5. The summed E-state index contributed by atoms with van der Waals surface area (Å²) in [6.07, 6.45) is 2.93. The number of aromatic nitrogens is 1. The molecule has 0 amide bonds. The first-order valence-electron chi connectivity index (χ1n) is 16.8. The number of pyridine rings is 1. The van der Waals surface area contributed by atoms with E-state index in [1.54, 1.807) is 0 Å². The average Bonchev–Trinajstić information content (AvgIpc) is 3.16. The Balaban J connectivity index is 1.31. The highest BCUT2D eigenvalue weighted by atomic mass is 14.7. The maximum atomic E-state index is 4.86. The first-order valence-corrected chi connectivity index (χ1v) is 16.8. The second kappa shape index (κ2) is 11.6. The van der Waals surface area contributed by atoms with Crippen LogP contribution in [-0.4, -0.2) is 4.98 Å². The van der Waals surface area contributed by atoms with Gasteiger partial charge in [-0.25, -0.2) is 0 Å². The molecule has 0 aliphatic rings. The molecule has 0 radical (unpaired) electrons. The highest BCUT2D eigenvalue weighted by molar-refractivity contribution is 6.24. The lowest BCUT2D eigenvalue weighted by molar-refractivity contribution is 1.15. The van der Waals surface area contributed by atoms with Crippen LogP contribution in [0.3, 0.4) is 0 Å². The first kappa shape index (κ1) is 28.2. The van der Waals surface area contributed by atoms with Crippen molar-refractivity contribution in [2.75, 3.05) is 0 Å². The van der Waals surface area contributed by atoms with Crippen LogP contribution in [0.4, 0.5) is 0 Å². The summed E-state index contributed by atoms with van der Waals surface area (Å²) in [5, 5.41) is 10.1. The van der Waals surface area contributed by atoms with E-state index in [-0.39, 0.29) is 0 Å². The van der Waals surface area contributed by atoms with E-state index in [2.05, 4.69) is 165 Å². The molecule has 0 unspecified atom stereocenters. The van der Waals surface area contributed by atoms with Crippen molar-refractivity contribution >= 4 is 43.1 Å². The number of hydrogen-bond acceptors (Lipinski definition) is 1. The van der Waals surface area contributed by atoms with Gasteiger partial charge in [0.05, 0.1) is 5.69 Å². The Kier molecular flexibility index (Phi) is 6.83. The second-order valence-corrected chi connectivity index (χ2v) is 12.6. The van der Waals surface area contributed by atoms with E-state index in [0.29, 0.717) is 0 Å². The maximum absolute atomic E-state index is 4.86. The molecule has 1 aromatic heterocycles. The third-order valence-electron chi connectivity index (χ3n) is 9.87. The SMILES string of the molecule is CCc1ccc2cc(-c3c4ccccc4c(-c4ccc(-c5cccnc5-c5ccccc5)c5ccccc45)c4ccccc34)ccc2c1. The van der Waals surface area contributed by atoms with E-state index in [1.165, 1.54) is 76.5 Å². The molecule has 0 atom stereocenters. The Morgan fingerprint density at radius 2 is 0.958 bits per heavy atom. The van der Waals surface area contributed by atoms with E-state index >= 15 is 0 Å². The number of aryl methyl sites for hydroxylation is 1. The van der Waals surface area contributed by atoms with E-state index < -0.39 is 0 Å². The molecule has 0 N–H and O–H groups in total. The summed E-state index contributed by atoms with van der Waals surface area (Å²) in [5.41, 5.74) is 10.9. The van der Waals surface area contributed by atoms with Crippen molar-refractivity contribution in [3.63, 3.8) is 0 Å². The van der Waals surface area contributed by atoms with Gasteiger partial charge in [-0.05, 0) is 95.0 Å². The molecule has 0 spiro atoms. The zero-order valence-corrected chi connectivity index (χ0v) is 26.8. The van der Waals surface area contributed by atoms with Crippen LogP contribution in [-0.2, 0) is 6.42 Å². The number of fused-ring (bicyclic) bond motifs is 4. The number of rotatable bonds is 5. The van der Waals surface area contributed by atoms with E-state index in [9.17, 15) is 0 Å². The Morgan fingerprint density at radius 1 is 0.396 bits per heavy atom.